The Bertz CT molecular complexity index is 891. The van der Waals surface area contributed by atoms with Crippen molar-refractivity contribution < 1.29 is 14.3 Å². The van der Waals surface area contributed by atoms with Crippen LogP contribution in [0.4, 0.5) is 5.69 Å². The molecule has 5 nitrogen and oxygen atoms in total. The molecule has 2 aliphatic rings. The molecule has 6 heteroatoms. The lowest BCUT2D eigenvalue weighted by Crippen LogP contribution is -2.21. The Morgan fingerprint density at radius 2 is 1.88 bits per heavy atom. The number of hydrazone groups is 1. The molecule has 0 spiro atoms. The monoisotopic (exact) mass is 340 g/mol. The van der Waals surface area contributed by atoms with Crippen molar-refractivity contribution in [1.29, 1.82) is 0 Å². The summed E-state index contributed by atoms with van der Waals surface area (Å²) in [5.41, 5.74) is 2.55. The number of halogens is 1. The number of para-hydroxylation sites is 1. The van der Waals surface area contributed by atoms with Gasteiger partial charge in [0.25, 0.3) is 5.91 Å². The van der Waals surface area contributed by atoms with Gasteiger partial charge in [-0.2, -0.15) is 10.1 Å². The molecule has 0 atom stereocenters. The highest BCUT2D eigenvalue weighted by Gasteiger charge is 2.29. The van der Waals surface area contributed by atoms with E-state index >= 15 is 0 Å². The third kappa shape index (κ3) is 2.43. The topological polar surface area (TPSA) is 51.1 Å². The fourth-order valence-corrected chi connectivity index (χ4v) is 2.84. The Morgan fingerprint density at radius 1 is 1.17 bits per heavy atom. The summed E-state index contributed by atoms with van der Waals surface area (Å²) in [6, 6.07) is 12.8. The fraction of sp³-hybridized carbons (Fsp3) is 0.111. The lowest BCUT2D eigenvalue weighted by atomic mass is 10.1. The molecule has 4 rings (SSSR count). The molecular formula is C18H13ClN2O3. The van der Waals surface area contributed by atoms with Crippen LogP contribution in [0.25, 0.3) is 6.08 Å². The zero-order valence-corrected chi connectivity index (χ0v) is 13.6. The number of hydrogen-bond donors (Lipinski definition) is 0. The van der Waals surface area contributed by atoms with E-state index < -0.39 is 0 Å². The van der Waals surface area contributed by atoms with Gasteiger partial charge in [0.2, 0.25) is 6.79 Å². The van der Waals surface area contributed by atoms with Gasteiger partial charge >= 0.3 is 0 Å². The maximum Gasteiger partial charge on any atom is 0.280 e. The maximum atomic E-state index is 12.7. The van der Waals surface area contributed by atoms with Crippen molar-refractivity contribution in [2.75, 3.05) is 11.8 Å². The highest BCUT2D eigenvalue weighted by molar-refractivity contribution is 6.35. The Balaban J connectivity index is 1.71. The van der Waals surface area contributed by atoms with Crippen LogP contribution >= 0.6 is 11.6 Å². The first kappa shape index (κ1) is 14.8. The molecule has 0 bridgehead atoms. The highest BCUT2D eigenvalue weighted by atomic mass is 35.5. The zero-order chi connectivity index (χ0) is 16.7. The molecule has 120 valence electrons. The molecule has 24 heavy (non-hydrogen) atoms. The summed E-state index contributed by atoms with van der Waals surface area (Å²) in [6.07, 6.45) is 1.73. The molecule has 0 saturated carbocycles. The van der Waals surface area contributed by atoms with E-state index in [0.717, 1.165) is 5.69 Å². The number of fused-ring (bicyclic) bond motifs is 1. The van der Waals surface area contributed by atoms with Gasteiger partial charge in [0.1, 0.15) is 0 Å². The smallest absolute Gasteiger partial charge is 0.280 e. The molecule has 0 fully saturated rings. The van der Waals surface area contributed by atoms with Gasteiger partial charge in [0.05, 0.1) is 22.0 Å². The number of anilines is 1. The number of rotatable bonds is 2. The predicted molar refractivity (Wildman–Crippen MR) is 92.6 cm³/mol. The lowest BCUT2D eigenvalue weighted by molar-refractivity contribution is -0.114. The number of ether oxygens (including phenoxy) is 2. The van der Waals surface area contributed by atoms with Crippen LogP contribution in [0.2, 0.25) is 5.02 Å². The van der Waals surface area contributed by atoms with Crippen LogP contribution in [0.3, 0.4) is 0 Å². The molecule has 0 saturated heterocycles. The van der Waals surface area contributed by atoms with E-state index in [0.29, 0.717) is 33.4 Å². The van der Waals surface area contributed by atoms with Gasteiger partial charge < -0.3 is 9.47 Å². The molecule has 2 heterocycles. The van der Waals surface area contributed by atoms with Crippen LogP contribution in [-0.4, -0.2) is 18.4 Å². The summed E-state index contributed by atoms with van der Waals surface area (Å²) in [5.74, 6) is 1.04. The van der Waals surface area contributed by atoms with Crippen LogP contribution in [0.15, 0.2) is 53.1 Å². The minimum Gasteiger partial charge on any atom is -0.454 e. The third-order valence-electron chi connectivity index (χ3n) is 3.86. The van der Waals surface area contributed by atoms with Gasteiger partial charge in [-0.05, 0) is 36.8 Å². The average molecular weight is 341 g/mol. The SMILES string of the molecule is CC1=NN(c2ccccc2)C(=O)/C1=C\c1cc2c(cc1Cl)OCO2. The van der Waals surface area contributed by atoms with Gasteiger partial charge in [-0.3, -0.25) is 4.79 Å². The van der Waals surface area contributed by atoms with Crippen molar-refractivity contribution in [3.05, 3.63) is 58.6 Å². The van der Waals surface area contributed by atoms with Crippen LogP contribution in [0.5, 0.6) is 11.5 Å². The van der Waals surface area contributed by atoms with Crippen LogP contribution in [-0.2, 0) is 4.79 Å². The van der Waals surface area contributed by atoms with Gasteiger partial charge in [0.15, 0.2) is 11.5 Å². The normalized spacial score (nSPS) is 17.6. The summed E-state index contributed by atoms with van der Waals surface area (Å²) in [7, 11) is 0. The van der Waals surface area contributed by atoms with Crippen molar-refractivity contribution >= 4 is 35.0 Å². The largest absolute Gasteiger partial charge is 0.454 e. The fourth-order valence-electron chi connectivity index (χ4n) is 2.63. The van der Waals surface area contributed by atoms with Gasteiger partial charge in [-0.25, -0.2) is 0 Å². The molecule has 1 amide bonds. The first-order chi connectivity index (χ1) is 11.6. The second kappa shape index (κ2) is 5.69. The van der Waals surface area contributed by atoms with E-state index in [9.17, 15) is 4.79 Å². The summed E-state index contributed by atoms with van der Waals surface area (Å²) in [4.78, 5) is 12.7. The maximum absolute atomic E-state index is 12.7. The van der Waals surface area contributed by atoms with Crippen LogP contribution in [0, 0.1) is 0 Å². The predicted octanol–water partition coefficient (Wildman–Crippen LogP) is 3.87. The van der Waals surface area contributed by atoms with Crippen LogP contribution < -0.4 is 14.5 Å². The molecular weight excluding hydrogens is 328 g/mol. The third-order valence-corrected chi connectivity index (χ3v) is 4.18. The lowest BCUT2D eigenvalue weighted by Gasteiger charge is -2.11. The second-order valence-electron chi connectivity index (χ2n) is 5.42. The number of benzene rings is 2. The molecule has 0 radical (unpaired) electrons. The summed E-state index contributed by atoms with van der Waals surface area (Å²) < 4.78 is 10.7. The number of hydrogen-bond acceptors (Lipinski definition) is 4. The highest BCUT2D eigenvalue weighted by Crippen LogP contribution is 2.38. The van der Waals surface area contributed by atoms with Gasteiger partial charge in [-0.1, -0.05) is 29.8 Å². The Labute approximate surface area is 143 Å². The summed E-state index contributed by atoms with van der Waals surface area (Å²) in [6.45, 7) is 1.97. The molecule has 0 unspecified atom stereocenters. The van der Waals surface area contributed by atoms with E-state index in [1.807, 2.05) is 30.3 Å². The first-order valence-corrected chi connectivity index (χ1v) is 7.77. The quantitative estimate of drug-likeness (QED) is 0.780. The van der Waals surface area contributed by atoms with Crippen molar-refractivity contribution in [3.8, 4) is 11.5 Å². The van der Waals surface area contributed by atoms with Crippen molar-refractivity contribution in [2.24, 2.45) is 5.10 Å². The summed E-state index contributed by atoms with van der Waals surface area (Å²) >= 11 is 6.29. The zero-order valence-electron chi connectivity index (χ0n) is 12.8. The molecule has 2 aromatic carbocycles. The van der Waals surface area contributed by atoms with E-state index in [1.165, 1.54) is 5.01 Å². The number of nitrogens with zero attached hydrogens (tertiary/aromatic N) is 2. The van der Waals surface area contributed by atoms with E-state index in [2.05, 4.69) is 5.10 Å². The second-order valence-corrected chi connectivity index (χ2v) is 5.83. The molecule has 0 N–H and O–H groups in total. The van der Waals surface area contributed by atoms with Crippen LogP contribution in [0.1, 0.15) is 12.5 Å². The van der Waals surface area contributed by atoms with Gasteiger partial charge in [0, 0.05) is 6.07 Å². The molecule has 0 aromatic heterocycles. The van der Waals surface area contributed by atoms with E-state index in [4.69, 9.17) is 21.1 Å². The standard InChI is InChI=1S/C18H13ClN2O3/c1-11-14(18(22)21(20-11)13-5-3-2-4-6-13)7-12-8-16-17(9-15(12)19)24-10-23-16/h2-9H,10H2,1H3/b14-7-. The van der Waals surface area contributed by atoms with E-state index in [-0.39, 0.29) is 12.7 Å². The number of amides is 1. The van der Waals surface area contributed by atoms with Crippen molar-refractivity contribution in [1.82, 2.24) is 0 Å². The summed E-state index contributed by atoms with van der Waals surface area (Å²) in [5, 5.41) is 6.23. The molecule has 2 aromatic rings. The minimum absolute atomic E-state index is 0.174. The van der Waals surface area contributed by atoms with Crippen molar-refractivity contribution in [3.63, 3.8) is 0 Å². The average Bonchev–Trinajstić information content (AvgIpc) is 3.14. The number of carbonyl (C=O) groups is 1. The first-order valence-electron chi connectivity index (χ1n) is 7.39. The minimum atomic E-state index is -0.188. The number of carbonyl (C=O) groups excluding carboxylic acids is 1. The molecule has 2 aliphatic heterocycles. The Kier molecular flexibility index (Phi) is 3.50. The molecule has 0 aliphatic carbocycles. The van der Waals surface area contributed by atoms with Gasteiger partial charge in [-0.15, -0.1) is 0 Å². The van der Waals surface area contributed by atoms with Crippen molar-refractivity contribution in [2.45, 2.75) is 6.92 Å². The van der Waals surface area contributed by atoms with E-state index in [1.54, 1.807) is 25.1 Å². The Morgan fingerprint density at radius 3 is 2.62 bits per heavy atom. The Hall–Kier alpha value is -2.79.